The largest absolute Gasteiger partial charge is 0.416 e. The molecule has 0 saturated carbocycles. The summed E-state index contributed by atoms with van der Waals surface area (Å²) in [6.07, 6.45) is -4.31. The van der Waals surface area contributed by atoms with E-state index in [0.717, 1.165) is 26.2 Å². The highest BCUT2D eigenvalue weighted by molar-refractivity contribution is 5.85. The first-order valence-electron chi connectivity index (χ1n) is 7.32. The van der Waals surface area contributed by atoms with Crippen LogP contribution in [0.1, 0.15) is 37.9 Å². The number of benzene rings is 1. The van der Waals surface area contributed by atoms with Crippen LogP contribution in [0.25, 0.3) is 0 Å². The van der Waals surface area contributed by atoms with Crippen LogP contribution in [0, 0.1) is 5.41 Å². The molecule has 1 aromatic carbocycles. The van der Waals surface area contributed by atoms with Gasteiger partial charge in [-0.25, -0.2) is 0 Å². The summed E-state index contributed by atoms with van der Waals surface area (Å²) in [5.74, 6) is 0. The van der Waals surface area contributed by atoms with Gasteiger partial charge in [0.25, 0.3) is 0 Å². The molecule has 6 heteroatoms. The van der Waals surface area contributed by atoms with E-state index in [4.69, 9.17) is 0 Å². The Morgan fingerprint density at radius 3 is 2.09 bits per heavy atom. The zero-order valence-electron chi connectivity index (χ0n) is 13.2. The third kappa shape index (κ3) is 4.37. The van der Waals surface area contributed by atoms with Crippen LogP contribution in [0.4, 0.5) is 13.2 Å². The van der Waals surface area contributed by atoms with Crippen LogP contribution in [-0.4, -0.2) is 31.1 Å². The van der Waals surface area contributed by atoms with Gasteiger partial charge < -0.3 is 5.32 Å². The van der Waals surface area contributed by atoms with E-state index in [1.54, 1.807) is 12.1 Å². The average Bonchev–Trinajstić information content (AvgIpc) is 2.38. The van der Waals surface area contributed by atoms with Crippen molar-refractivity contribution in [1.29, 1.82) is 0 Å². The van der Waals surface area contributed by atoms with E-state index in [0.29, 0.717) is 5.56 Å². The molecule has 1 aliphatic rings. The molecule has 1 atom stereocenters. The molecule has 2 rings (SSSR count). The van der Waals surface area contributed by atoms with Crippen molar-refractivity contribution in [3.05, 3.63) is 35.4 Å². The van der Waals surface area contributed by atoms with E-state index in [2.05, 4.69) is 10.2 Å². The van der Waals surface area contributed by atoms with E-state index in [1.165, 1.54) is 12.1 Å². The lowest BCUT2D eigenvalue weighted by Gasteiger charge is -2.43. The van der Waals surface area contributed by atoms with Gasteiger partial charge in [0.2, 0.25) is 0 Å². The maximum atomic E-state index is 13.3. The van der Waals surface area contributed by atoms with Crippen LogP contribution in [0.3, 0.4) is 0 Å². The predicted molar refractivity (Wildman–Crippen MR) is 85.3 cm³/mol. The topological polar surface area (TPSA) is 15.3 Å². The lowest BCUT2D eigenvalue weighted by Crippen LogP contribution is -2.48. The van der Waals surface area contributed by atoms with Crippen molar-refractivity contribution in [2.45, 2.75) is 33.0 Å². The van der Waals surface area contributed by atoms with Gasteiger partial charge in [-0.3, -0.25) is 4.90 Å². The molecule has 0 spiro atoms. The fourth-order valence-electron chi connectivity index (χ4n) is 3.14. The number of alkyl halides is 3. The van der Waals surface area contributed by atoms with E-state index in [9.17, 15) is 13.2 Å². The molecule has 1 fully saturated rings. The maximum absolute atomic E-state index is 13.3. The minimum absolute atomic E-state index is 0. The minimum atomic E-state index is -4.31. The Morgan fingerprint density at radius 1 is 1.05 bits per heavy atom. The van der Waals surface area contributed by atoms with Gasteiger partial charge in [0.1, 0.15) is 0 Å². The van der Waals surface area contributed by atoms with Crippen LogP contribution in [-0.2, 0) is 6.18 Å². The SMILES string of the molecule is CC(C)(C)[C@H](c1ccccc1C(F)(F)F)N1CCNCC1.Cl. The number of piperazine rings is 1. The van der Waals surface area contributed by atoms with Crippen LogP contribution >= 0.6 is 12.4 Å². The predicted octanol–water partition coefficient (Wildman–Crippen LogP) is 4.12. The van der Waals surface area contributed by atoms with E-state index >= 15 is 0 Å². The summed E-state index contributed by atoms with van der Waals surface area (Å²) in [7, 11) is 0. The van der Waals surface area contributed by atoms with Crippen LogP contribution < -0.4 is 5.32 Å². The molecule has 1 saturated heterocycles. The molecule has 0 aromatic heterocycles. The number of hydrogen-bond donors (Lipinski definition) is 1. The normalized spacial score (nSPS) is 18.6. The van der Waals surface area contributed by atoms with Crippen LogP contribution in [0.5, 0.6) is 0 Å². The molecular weight excluding hydrogens is 313 g/mol. The van der Waals surface area contributed by atoms with Crippen molar-refractivity contribution in [2.24, 2.45) is 5.41 Å². The first-order valence-corrected chi connectivity index (χ1v) is 7.32. The van der Waals surface area contributed by atoms with Gasteiger partial charge in [0.05, 0.1) is 5.56 Å². The smallest absolute Gasteiger partial charge is 0.314 e. The second-order valence-electron chi connectivity index (χ2n) is 6.64. The molecule has 126 valence electrons. The van der Waals surface area contributed by atoms with Crippen molar-refractivity contribution in [2.75, 3.05) is 26.2 Å². The summed E-state index contributed by atoms with van der Waals surface area (Å²) in [4.78, 5) is 2.17. The lowest BCUT2D eigenvalue weighted by atomic mass is 9.79. The Morgan fingerprint density at radius 2 is 1.59 bits per heavy atom. The molecule has 1 aliphatic heterocycles. The molecule has 1 N–H and O–H groups in total. The molecule has 0 aliphatic carbocycles. The highest BCUT2D eigenvalue weighted by atomic mass is 35.5. The second kappa shape index (κ2) is 7.20. The van der Waals surface area contributed by atoms with Crippen molar-refractivity contribution in [3.63, 3.8) is 0 Å². The zero-order chi connectivity index (χ0) is 15.7. The molecular formula is C16H24ClF3N2. The molecule has 0 amide bonds. The van der Waals surface area contributed by atoms with Gasteiger partial charge in [0.15, 0.2) is 0 Å². The molecule has 0 unspecified atom stereocenters. The number of rotatable bonds is 2. The van der Waals surface area contributed by atoms with Crippen molar-refractivity contribution in [3.8, 4) is 0 Å². The number of hydrogen-bond acceptors (Lipinski definition) is 2. The number of nitrogens with one attached hydrogen (secondary N) is 1. The van der Waals surface area contributed by atoms with Crippen LogP contribution in [0.2, 0.25) is 0 Å². The van der Waals surface area contributed by atoms with Gasteiger partial charge >= 0.3 is 6.18 Å². The highest BCUT2D eigenvalue weighted by Gasteiger charge is 2.40. The van der Waals surface area contributed by atoms with E-state index in [1.807, 2.05) is 20.8 Å². The van der Waals surface area contributed by atoms with Gasteiger partial charge in [0, 0.05) is 32.2 Å². The fourth-order valence-corrected chi connectivity index (χ4v) is 3.14. The summed E-state index contributed by atoms with van der Waals surface area (Å²) >= 11 is 0. The second-order valence-corrected chi connectivity index (χ2v) is 6.64. The standard InChI is InChI=1S/C16H23F3N2.ClH/c1-15(2,3)14(21-10-8-20-9-11-21)12-6-4-5-7-13(12)16(17,18)19;/h4-7,14,20H,8-11H2,1-3H3;1H/t14-;/m0./s1. The summed E-state index contributed by atoms with van der Waals surface area (Å²) in [5, 5.41) is 3.25. The van der Waals surface area contributed by atoms with E-state index < -0.39 is 11.7 Å². The quantitative estimate of drug-likeness (QED) is 0.874. The minimum Gasteiger partial charge on any atom is -0.314 e. The Kier molecular flexibility index (Phi) is 6.30. The zero-order valence-corrected chi connectivity index (χ0v) is 14.0. The van der Waals surface area contributed by atoms with Crippen LogP contribution in [0.15, 0.2) is 24.3 Å². The van der Waals surface area contributed by atoms with Gasteiger partial charge in [-0.2, -0.15) is 13.2 Å². The monoisotopic (exact) mass is 336 g/mol. The summed E-state index contributed by atoms with van der Waals surface area (Å²) in [5.41, 5.74) is -0.388. The van der Waals surface area contributed by atoms with Gasteiger partial charge in [-0.15, -0.1) is 12.4 Å². The third-order valence-electron chi connectivity index (χ3n) is 3.90. The number of nitrogens with zero attached hydrogens (tertiary/aromatic N) is 1. The number of halogens is 4. The van der Waals surface area contributed by atoms with Crippen molar-refractivity contribution in [1.82, 2.24) is 10.2 Å². The lowest BCUT2D eigenvalue weighted by molar-refractivity contribution is -0.139. The van der Waals surface area contributed by atoms with Gasteiger partial charge in [-0.05, 0) is 17.0 Å². The molecule has 1 aromatic rings. The van der Waals surface area contributed by atoms with E-state index in [-0.39, 0.29) is 23.9 Å². The highest BCUT2D eigenvalue weighted by Crippen LogP contribution is 2.43. The Hall–Kier alpha value is -0.780. The molecule has 0 bridgehead atoms. The summed E-state index contributed by atoms with van der Waals surface area (Å²) < 4.78 is 40.0. The third-order valence-corrected chi connectivity index (χ3v) is 3.90. The Balaban J connectivity index is 0.00000242. The fraction of sp³-hybridized carbons (Fsp3) is 0.625. The maximum Gasteiger partial charge on any atom is 0.416 e. The van der Waals surface area contributed by atoms with Crippen molar-refractivity contribution >= 4 is 12.4 Å². The van der Waals surface area contributed by atoms with Gasteiger partial charge in [-0.1, -0.05) is 39.0 Å². The Bertz CT molecular complexity index is 477. The molecule has 22 heavy (non-hydrogen) atoms. The summed E-state index contributed by atoms with van der Waals surface area (Å²) in [6.45, 7) is 9.20. The first-order chi connectivity index (χ1) is 9.71. The molecule has 1 heterocycles. The Labute approximate surface area is 136 Å². The molecule has 2 nitrogen and oxygen atoms in total. The first kappa shape index (κ1) is 19.3. The van der Waals surface area contributed by atoms with Crippen molar-refractivity contribution < 1.29 is 13.2 Å². The molecule has 0 radical (unpaired) electrons. The average molecular weight is 337 g/mol. The summed E-state index contributed by atoms with van der Waals surface area (Å²) in [6, 6.07) is 5.74.